The fourth-order valence-corrected chi connectivity index (χ4v) is 2.29. The smallest absolute Gasteiger partial charge is 0.125 e. The highest BCUT2D eigenvalue weighted by Crippen LogP contribution is 2.32. The lowest BCUT2D eigenvalue weighted by atomic mass is 10.0. The Hall–Kier alpha value is -1.22. The third kappa shape index (κ3) is 3.16. The Kier molecular flexibility index (Phi) is 5.48. The van der Waals surface area contributed by atoms with Crippen LogP contribution in [0.5, 0.6) is 5.75 Å². The summed E-state index contributed by atoms with van der Waals surface area (Å²) in [6.07, 6.45) is 0. The van der Waals surface area contributed by atoms with Crippen LogP contribution in [0, 0.1) is 20.8 Å². The molecule has 0 saturated heterocycles. The van der Waals surface area contributed by atoms with Crippen LogP contribution in [0.4, 0.5) is 5.69 Å². The largest absolute Gasteiger partial charge is 0.496 e. The molecule has 0 saturated carbocycles. The average Bonchev–Trinajstić information content (AvgIpc) is 2.34. The van der Waals surface area contributed by atoms with Gasteiger partial charge in [-0.25, -0.2) is 0 Å². The maximum atomic E-state index is 5.46. The molecule has 0 amide bonds. The van der Waals surface area contributed by atoms with E-state index in [4.69, 9.17) is 4.74 Å². The molecule has 0 bridgehead atoms. The van der Waals surface area contributed by atoms with E-state index in [9.17, 15) is 0 Å². The molecular weight excluding hydrogens is 224 g/mol. The number of likely N-dealkylation sites (N-methyl/N-ethyl adjacent to an activating group) is 2. The summed E-state index contributed by atoms with van der Waals surface area (Å²) < 4.78 is 5.46. The molecule has 0 spiro atoms. The minimum absolute atomic E-state index is 1.01. The summed E-state index contributed by atoms with van der Waals surface area (Å²) >= 11 is 0. The Bertz CT molecular complexity index is 402. The molecule has 0 heterocycles. The van der Waals surface area contributed by atoms with Crippen LogP contribution in [0.1, 0.15) is 23.6 Å². The summed E-state index contributed by atoms with van der Waals surface area (Å²) in [6, 6.07) is 2.22. The van der Waals surface area contributed by atoms with Crippen molar-refractivity contribution in [1.29, 1.82) is 0 Å². The molecule has 1 aromatic rings. The molecule has 0 atom stereocenters. The van der Waals surface area contributed by atoms with Crippen LogP contribution in [0.15, 0.2) is 6.07 Å². The van der Waals surface area contributed by atoms with Gasteiger partial charge in [0.2, 0.25) is 0 Å². The fraction of sp³-hybridized carbons (Fsp3) is 0.600. The van der Waals surface area contributed by atoms with Crippen molar-refractivity contribution in [3.05, 3.63) is 22.8 Å². The number of anilines is 1. The van der Waals surface area contributed by atoms with Crippen LogP contribution < -0.4 is 15.0 Å². The zero-order chi connectivity index (χ0) is 13.7. The van der Waals surface area contributed by atoms with E-state index >= 15 is 0 Å². The van der Waals surface area contributed by atoms with Crippen molar-refractivity contribution in [1.82, 2.24) is 5.32 Å². The van der Waals surface area contributed by atoms with Gasteiger partial charge in [0.1, 0.15) is 5.75 Å². The Morgan fingerprint density at radius 1 is 1.22 bits per heavy atom. The number of ether oxygens (including phenoxy) is 1. The summed E-state index contributed by atoms with van der Waals surface area (Å²) in [5, 5.41) is 3.35. The first kappa shape index (κ1) is 14.8. The monoisotopic (exact) mass is 250 g/mol. The van der Waals surface area contributed by atoms with Gasteiger partial charge in [-0.3, -0.25) is 0 Å². The summed E-state index contributed by atoms with van der Waals surface area (Å²) in [5.41, 5.74) is 5.04. The second-order valence-corrected chi connectivity index (χ2v) is 4.77. The lowest BCUT2D eigenvalue weighted by Crippen LogP contribution is -2.29. The molecule has 0 aliphatic rings. The lowest BCUT2D eigenvalue weighted by Gasteiger charge is -2.24. The van der Waals surface area contributed by atoms with Gasteiger partial charge in [-0.15, -0.1) is 0 Å². The molecule has 0 aliphatic carbocycles. The number of rotatable bonds is 6. The quantitative estimate of drug-likeness (QED) is 0.786. The van der Waals surface area contributed by atoms with Gasteiger partial charge in [0, 0.05) is 25.8 Å². The van der Waals surface area contributed by atoms with Crippen molar-refractivity contribution >= 4 is 5.69 Å². The second kappa shape index (κ2) is 6.64. The molecule has 0 aromatic heterocycles. The third-order valence-electron chi connectivity index (χ3n) is 3.49. The van der Waals surface area contributed by atoms with E-state index in [2.05, 4.69) is 51.0 Å². The SMILES string of the molecule is CCNCCN(C)c1cc(C)c(OC)c(C)c1C. The van der Waals surface area contributed by atoms with E-state index in [1.807, 2.05) is 0 Å². The van der Waals surface area contributed by atoms with Gasteiger partial charge in [0.15, 0.2) is 0 Å². The Morgan fingerprint density at radius 2 is 1.89 bits per heavy atom. The zero-order valence-corrected chi connectivity index (χ0v) is 12.6. The summed E-state index contributed by atoms with van der Waals surface area (Å²) in [6.45, 7) is 11.6. The number of nitrogens with zero attached hydrogens (tertiary/aromatic N) is 1. The number of hydrogen-bond donors (Lipinski definition) is 1. The standard InChI is InChI=1S/C15H26N2O/c1-7-16-8-9-17(5)14-10-11(2)15(18-6)13(4)12(14)3/h10,16H,7-9H2,1-6H3. The van der Waals surface area contributed by atoms with Gasteiger partial charge in [0.25, 0.3) is 0 Å². The number of aryl methyl sites for hydroxylation is 1. The van der Waals surface area contributed by atoms with Gasteiger partial charge in [-0.1, -0.05) is 6.92 Å². The fourth-order valence-electron chi connectivity index (χ4n) is 2.29. The highest BCUT2D eigenvalue weighted by molar-refractivity contribution is 5.62. The minimum Gasteiger partial charge on any atom is -0.496 e. The van der Waals surface area contributed by atoms with Crippen LogP contribution in [0.2, 0.25) is 0 Å². The normalized spacial score (nSPS) is 10.6. The molecule has 102 valence electrons. The van der Waals surface area contributed by atoms with Gasteiger partial charge in [0.05, 0.1) is 7.11 Å². The predicted octanol–water partition coefficient (Wildman–Crippen LogP) is 2.67. The first-order valence-corrected chi connectivity index (χ1v) is 6.59. The first-order valence-electron chi connectivity index (χ1n) is 6.59. The molecule has 1 aromatic carbocycles. The van der Waals surface area contributed by atoms with Gasteiger partial charge in [-0.05, 0) is 50.1 Å². The second-order valence-electron chi connectivity index (χ2n) is 4.77. The van der Waals surface area contributed by atoms with Crippen LogP contribution >= 0.6 is 0 Å². The van der Waals surface area contributed by atoms with Crippen LogP contribution in [-0.2, 0) is 0 Å². The van der Waals surface area contributed by atoms with Gasteiger partial charge >= 0.3 is 0 Å². The van der Waals surface area contributed by atoms with Crippen LogP contribution in [0.3, 0.4) is 0 Å². The van der Waals surface area contributed by atoms with E-state index in [1.165, 1.54) is 22.4 Å². The highest BCUT2D eigenvalue weighted by atomic mass is 16.5. The molecule has 0 unspecified atom stereocenters. The zero-order valence-electron chi connectivity index (χ0n) is 12.6. The molecule has 3 heteroatoms. The molecule has 18 heavy (non-hydrogen) atoms. The van der Waals surface area contributed by atoms with Crippen LogP contribution in [0.25, 0.3) is 0 Å². The van der Waals surface area contributed by atoms with Crippen molar-refractivity contribution in [2.75, 3.05) is 38.7 Å². The Balaban J connectivity index is 2.96. The molecule has 0 aliphatic heterocycles. The number of nitrogens with one attached hydrogen (secondary N) is 1. The highest BCUT2D eigenvalue weighted by Gasteiger charge is 2.12. The van der Waals surface area contributed by atoms with Crippen molar-refractivity contribution in [3.63, 3.8) is 0 Å². The van der Waals surface area contributed by atoms with E-state index in [-0.39, 0.29) is 0 Å². The number of hydrogen-bond acceptors (Lipinski definition) is 3. The van der Waals surface area contributed by atoms with Crippen molar-refractivity contribution < 1.29 is 4.74 Å². The van der Waals surface area contributed by atoms with Gasteiger partial charge < -0.3 is 15.0 Å². The Morgan fingerprint density at radius 3 is 2.44 bits per heavy atom. The van der Waals surface area contributed by atoms with E-state index < -0.39 is 0 Å². The predicted molar refractivity (Wildman–Crippen MR) is 79.0 cm³/mol. The maximum Gasteiger partial charge on any atom is 0.125 e. The van der Waals surface area contributed by atoms with Crippen molar-refractivity contribution in [3.8, 4) is 5.75 Å². The molecule has 0 radical (unpaired) electrons. The maximum absolute atomic E-state index is 5.46. The summed E-state index contributed by atoms with van der Waals surface area (Å²) in [5.74, 6) is 1.01. The van der Waals surface area contributed by atoms with Gasteiger partial charge in [-0.2, -0.15) is 0 Å². The molecular formula is C15H26N2O. The molecule has 1 rings (SSSR count). The molecule has 3 nitrogen and oxygen atoms in total. The van der Waals surface area contributed by atoms with E-state index in [1.54, 1.807) is 7.11 Å². The van der Waals surface area contributed by atoms with Crippen molar-refractivity contribution in [2.24, 2.45) is 0 Å². The summed E-state index contributed by atoms with van der Waals surface area (Å²) in [4.78, 5) is 2.30. The van der Waals surface area contributed by atoms with E-state index in [0.717, 1.165) is 25.4 Å². The number of benzene rings is 1. The van der Waals surface area contributed by atoms with E-state index in [0.29, 0.717) is 0 Å². The summed E-state index contributed by atoms with van der Waals surface area (Å²) in [7, 11) is 3.88. The van der Waals surface area contributed by atoms with Crippen molar-refractivity contribution in [2.45, 2.75) is 27.7 Å². The third-order valence-corrected chi connectivity index (χ3v) is 3.49. The lowest BCUT2D eigenvalue weighted by molar-refractivity contribution is 0.408. The molecule has 1 N–H and O–H groups in total. The average molecular weight is 250 g/mol. The molecule has 0 fully saturated rings. The topological polar surface area (TPSA) is 24.5 Å². The number of methoxy groups -OCH3 is 1. The Labute approximate surface area is 111 Å². The first-order chi connectivity index (χ1) is 8.52. The van der Waals surface area contributed by atoms with Crippen LogP contribution in [-0.4, -0.2) is 33.8 Å². The minimum atomic E-state index is 1.01.